The van der Waals surface area contributed by atoms with Crippen molar-refractivity contribution in [1.29, 1.82) is 0 Å². The Morgan fingerprint density at radius 1 is 1.40 bits per heavy atom. The lowest BCUT2D eigenvalue weighted by Crippen LogP contribution is -2.15. The molecule has 0 bridgehead atoms. The van der Waals surface area contributed by atoms with Crippen LogP contribution in [-0.2, 0) is 11.3 Å². The van der Waals surface area contributed by atoms with Crippen molar-refractivity contribution >= 4 is 29.0 Å². The highest BCUT2D eigenvalue weighted by atomic mass is 32.2. The zero-order valence-corrected chi connectivity index (χ0v) is 15.2. The second kappa shape index (κ2) is 8.61. The summed E-state index contributed by atoms with van der Waals surface area (Å²) in [7, 11) is 0. The Morgan fingerprint density at radius 2 is 2.16 bits per heavy atom. The van der Waals surface area contributed by atoms with Crippen LogP contribution in [0.1, 0.15) is 38.9 Å². The van der Waals surface area contributed by atoms with Crippen LogP contribution in [0.2, 0.25) is 0 Å². The normalized spacial score (nSPS) is 10.9. The van der Waals surface area contributed by atoms with E-state index in [9.17, 15) is 14.9 Å². The number of anilines is 1. The number of aromatic nitrogens is 3. The maximum atomic E-state index is 12.1. The summed E-state index contributed by atoms with van der Waals surface area (Å²) in [5, 5.41) is 22.5. The molecule has 0 fully saturated rings. The largest absolute Gasteiger partial charge is 0.325 e. The molecule has 2 aromatic rings. The molecule has 0 spiro atoms. The average Bonchev–Trinajstić information content (AvgIpc) is 2.96. The Morgan fingerprint density at radius 3 is 2.80 bits per heavy atom. The second-order valence-electron chi connectivity index (χ2n) is 5.79. The molecule has 8 nitrogen and oxygen atoms in total. The predicted octanol–water partition coefficient (Wildman–Crippen LogP) is 3.45. The van der Waals surface area contributed by atoms with Crippen LogP contribution in [0.3, 0.4) is 0 Å². The molecule has 1 heterocycles. The lowest BCUT2D eigenvalue weighted by molar-refractivity contribution is -0.384. The van der Waals surface area contributed by atoms with Crippen molar-refractivity contribution in [2.45, 2.75) is 44.8 Å². The Bertz CT molecular complexity index is 760. The summed E-state index contributed by atoms with van der Waals surface area (Å²) in [6.07, 6.45) is 0.950. The summed E-state index contributed by atoms with van der Waals surface area (Å²) < 4.78 is 2.04. The number of carbonyl (C=O) groups is 1. The van der Waals surface area contributed by atoms with E-state index in [4.69, 9.17) is 0 Å². The third kappa shape index (κ3) is 5.02. The van der Waals surface area contributed by atoms with Crippen LogP contribution in [0.15, 0.2) is 29.4 Å². The fraction of sp³-hybridized carbons (Fsp3) is 0.438. The molecule has 1 aromatic carbocycles. The van der Waals surface area contributed by atoms with Crippen LogP contribution in [0.5, 0.6) is 0 Å². The molecule has 25 heavy (non-hydrogen) atoms. The first-order valence-electron chi connectivity index (χ1n) is 8.02. The minimum atomic E-state index is -0.495. The minimum absolute atomic E-state index is 0.0604. The van der Waals surface area contributed by atoms with Gasteiger partial charge in [0.1, 0.15) is 5.82 Å². The van der Waals surface area contributed by atoms with Crippen LogP contribution >= 0.6 is 11.8 Å². The highest BCUT2D eigenvalue weighted by molar-refractivity contribution is 7.99. The molecule has 9 heteroatoms. The van der Waals surface area contributed by atoms with E-state index in [0.29, 0.717) is 10.8 Å². The quantitative estimate of drug-likeness (QED) is 0.438. The molecule has 1 aromatic heterocycles. The van der Waals surface area contributed by atoms with Gasteiger partial charge in [-0.1, -0.05) is 38.6 Å². The van der Waals surface area contributed by atoms with E-state index in [2.05, 4.69) is 36.3 Å². The van der Waals surface area contributed by atoms with Crippen molar-refractivity contribution in [3.8, 4) is 0 Å². The smallest absolute Gasteiger partial charge is 0.271 e. The molecule has 0 saturated heterocycles. The Labute approximate surface area is 150 Å². The summed E-state index contributed by atoms with van der Waals surface area (Å²) in [4.78, 5) is 22.4. The number of carbonyl (C=O) groups excluding carboxylic acids is 1. The zero-order valence-electron chi connectivity index (χ0n) is 14.4. The van der Waals surface area contributed by atoms with Crippen LogP contribution in [-0.4, -0.2) is 31.3 Å². The molecule has 1 N–H and O–H groups in total. The molecule has 0 aliphatic heterocycles. The van der Waals surface area contributed by atoms with Gasteiger partial charge in [-0.2, -0.15) is 0 Å². The molecular formula is C16H21N5O3S. The molecule has 0 aliphatic rings. The maximum Gasteiger partial charge on any atom is 0.271 e. The first-order chi connectivity index (χ1) is 11.9. The van der Waals surface area contributed by atoms with Gasteiger partial charge < -0.3 is 9.88 Å². The minimum Gasteiger partial charge on any atom is -0.325 e. The second-order valence-corrected chi connectivity index (χ2v) is 6.73. The van der Waals surface area contributed by atoms with Gasteiger partial charge in [0.15, 0.2) is 5.16 Å². The number of nitrogens with zero attached hydrogens (tertiary/aromatic N) is 4. The highest BCUT2D eigenvalue weighted by Crippen LogP contribution is 2.22. The van der Waals surface area contributed by atoms with Gasteiger partial charge in [0.05, 0.1) is 10.7 Å². The fourth-order valence-corrected chi connectivity index (χ4v) is 3.06. The Kier molecular flexibility index (Phi) is 6.51. The molecule has 134 valence electrons. The Hall–Kier alpha value is -2.42. The average molecular weight is 363 g/mol. The van der Waals surface area contributed by atoms with E-state index in [-0.39, 0.29) is 23.3 Å². The number of benzene rings is 1. The number of rotatable bonds is 8. The van der Waals surface area contributed by atoms with Gasteiger partial charge in [-0.15, -0.1) is 10.2 Å². The monoisotopic (exact) mass is 363 g/mol. The summed E-state index contributed by atoms with van der Waals surface area (Å²) in [5.41, 5.74) is 0.340. The molecular weight excluding hydrogens is 342 g/mol. The van der Waals surface area contributed by atoms with Crippen molar-refractivity contribution in [2.75, 3.05) is 11.1 Å². The van der Waals surface area contributed by atoms with Crippen molar-refractivity contribution in [3.05, 3.63) is 40.2 Å². The summed E-state index contributed by atoms with van der Waals surface area (Å²) in [6.45, 7) is 6.99. The topological polar surface area (TPSA) is 103 Å². The summed E-state index contributed by atoms with van der Waals surface area (Å²) >= 11 is 1.31. The van der Waals surface area contributed by atoms with Gasteiger partial charge in [-0.05, 0) is 12.5 Å². The van der Waals surface area contributed by atoms with Crippen LogP contribution in [0, 0.1) is 10.1 Å². The SMILES string of the molecule is CCCn1c(SCC(=O)Nc2cccc([N+](=O)[O-])c2)nnc1C(C)C. The standard InChI is InChI=1S/C16H21N5O3S/c1-4-8-20-15(11(2)3)18-19-16(20)25-10-14(22)17-12-6-5-7-13(9-12)21(23)24/h5-7,9,11H,4,8,10H2,1-3H3,(H,17,22). The Balaban J connectivity index is 2.00. The summed E-state index contributed by atoms with van der Waals surface area (Å²) in [6, 6.07) is 5.86. The van der Waals surface area contributed by atoms with Crippen molar-refractivity contribution in [2.24, 2.45) is 0 Å². The van der Waals surface area contributed by atoms with E-state index < -0.39 is 4.92 Å². The molecule has 1 amide bonds. The number of nitro benzene ring substituents is 1. The first-order valence-corrected chi connectivity index (χ1v) is 9.01. The molecule has 0 radical (unpaired) electrons. The van der Waals surface area contributed by atoms with Crippen molar-refractivity contribution in [1.82, 2.24) is 14.8 Å². The third-order valence-electron chi connectivity index (χ3n) is 3.38. The fourth-order valence-electron chi connectivity index (χ4n) is 2.29. The van der Waals surface area contributed by atoms with E-state index in [1.165, 1.54) is 30.0 Å². The number of hydrogen-bond donors (Lipinski definition) is 1. The van der Waals surface area contributed by atoms with E-state index in [0.717, 1.165) is 18.8 Å². The van der Waals surface area contributed by atoms with E-state index in [1.54, 1.807) is 6.07 Å². The number of non-ortho nitro benzene ring substituents is 1. The highest BCUT2D eigenvalue weighted by Gasteiger charge is 2.16. The van der Waals surface area contributed by atoms with Gasteiger partial charge in [0, 0.05) is 30.3 Å². The van der Waals surface area contributed by atoms with Gasteiger partial charge in [-0.25, -0.2) is 0 Å². The number of hydrogen-bond acceptors (Lipinski definition) is 6. The predicted molar refractivity (Wildman–Crippen MR) is 96.9 cm³/mol. The molecule has 0 unspecified atom stereocenters. The maximum absolute atomic E-state index is 12.1. The third-order valence-corrected chi connectivity index (χ3v) is 4.35. The molecule has 0 aliphatic carbocycles. The number of nitro groups is 1. The first kappa shape index (κ1) is 18.9. The van der Waals surface area contributed by atoms with Crippen LogP contribution < -0.4 is 5.32 Å². The van der Waals surface area contributed by atoms with E-state index >= 15 is 0 Å². The van der Waals surface area contributed by atoms with Crippen LogP contribution in [0.25, 0.3) is 0 Å². The van der Waals surface area contributed by atoms with Gasteiger partial charge in [0.25, 0.3) is 5.69 Å². The lowest BCUT2D eigenvalue weighted by Gasteiger charge is -2.10. The number of nitrogens with one attached hydrogen (secondary N) is 1. The van der Waals surface area contributed by atoms with Gasteiger partial charge >= 0.3 is 0 Å². The lowest BCUT2D eigenvalue weighted by atomic mass is 10.2. The molecule has 0 atom stereocenters. The molecule has 2 rings (SSSR count). The molecule has 0 saturated carbocycles. The van der Waals surface area contributed by atoms with Crippen molar-refractivity contribution in [3.63, 3.8) is 0 Å². The number of amides is 1. The zero-order chi connectivity index (χ0) is 18.4. The van der Waals surface area contributed by atoms with Crippen molar-refractivity contribution < 1.29 is 9.72 Å². The van der Waals surface area contributed by atoms with E-state index in [1.807, 2.05) is 4.57 Å². The van der Waals surface area contributed by atoms with Gasteiger partial charge in [0.2, 0.25) is 5.91 Å². The number of thioether (sulfide) groups is 1. The summed E-state index contributed by atoms with van der Waals surface area (Å²) in [5.74, 6) is 1.07. The van der Waals surface area contributed by atoms with Crippen LogP contribution in [0.4, 0.5) is 11.4 Å². The van der Waals surface area contributed by atoms with Gasteiger partial charge in [-0.3, -0.25) is 14.9 Å².